The Kier molecular flexibility index (Phi) is 15.3. The van der Waals surface area contributed by atoms with Gasteiger partial charge >= 0.3 is 0 Å². The Hall–Kier alpha value is -5.20. The molecule has 0 spiro atoms. The first-order chi connectivity index (χ1) is 25.1. The molecule has 2 aliphatic rings. The molecule has 6 nitrogen and oxygen atoms in total. The van der Waals surface area contributed by atoms with E-state index in [1.807, 2.05) is 91.0 Å². The third-order valence-electron chi connectivity index (χ3n) is 8.97. The van der Waals surface area contributed by atoms with Crippen molar-refractivity contribution in [3.05, 3.63) is 167 Å². The normalized spacial score (nSPS) is 14.8. The van der Waals surface area contributed by atoms with E-state index in [0.717, 1.165) is 55.2 Å². The zero-order chi connectivity index (χ0) is 35.4. The molecule has 0 aromatic heterocycles. The first-order valence-electron chi connectivity index (χ1n) is 18.2. The summed E-state index contributed by atoms with van der Waals surface area (Å²) in [5, 5.41) is 5.89. The zero-order valence-corrected chi connectivity index (χ0v) is 29.5. The number of hydrogen-bond donors (Lipinski definition) is 2. The minimum absolute atomic E-state index is 0.197. The number of amides is 2. The van der Waals surface area contributed by atoms with Gasteiger partial charge < -0.3 is 14.8 Å². The summed E-state index contributed by atoms with van der Waals surface area (Å²) in [6.45, 7) is 3.01. The van der Waals surface area contributed by atoms with Crippen LogP contribution in [0.3, 0.4) is 0 Å². The van der Waals surface area contributed by atoms with Crippen LogP contribution in [0.15, 0.2) is 140 Å². The van der Waals surface area contributed by atoms with Crippen molar-refractivity contribution in [2.75, 3.05) is 13.2 Å². The first-order valence-corrected chi connectivity index (χ1v) is 18.2. The standard InChI is InChI=1S/C29H32N2O4.C10H12.C6H6/c32-28-17-16-27(29(33)31-28)24-12-14-26(15-13-24)35-21-23-10-8-22(9-11-23)20-30-18-4-5-19-34-25-6-2-1-3-7-25;1-2-6-10-8-4-3-7-9(10)5-1;1-2-4-6-5-3-1/h1-3,6-15,27,30H,4-5,16-21H2,(H,31,32,33);1-2,5-6H,3-4,7-8H2;1-6H. The molecule has 1 aliphatic heterocycles. The van der Waals surface area contributed by atoms with Gasteiger partial charge in [0, 0.05) is 13.0 Å². The fraction of sp³-hybridized carbons (Fsp3) is 0.289. The lowest BCUT2D eigenvalue weighted by Gasteiger charge is -2.21. The fourth-order valence-electron chi connectivity index (χ4n) is 6.08. The Morgan fingerprint density at radius 3 is 1.78 bits per heavy atom. The second-order valence-electron chi connectivity index (χ2n) is 12.9. The smallest absolute Gasteiger partial charge is 0.234 e. The third-order valence-corrected chi connectivity index (χ3v) is 8.97. The van der Waals surface area contributed by atoms with Crippen LogP contribution in [0.5, 0.6) is 11.5 Å². The van der Waals surface area contributed by atoms with Gasteiger partial charge in [-0.15, -0.1) is 0 Å². The van der Waals surface area contributed by atoms with Crippen LogP contribution in [0.4, 0.5) is 0 Å². The van der Waals surface area contributed by atoms with Gasteiger partial charge in [0.05, 0.1) is 12.5 Å². The lowest BCUT2D eigenvalue weighted by molar-refractivity contribution is -0.134. The molecule has 264 valence electrons. The van der Waals surface area contributed by atoms with Gasteiger partial charge in [0.2, 0.25) is 11.8 Å². The van der Waals surface area contributed by atoms with Gasteiger partial charge in [0.15, 0.2) is 0 Å². The van der Waals surface area contributed by atoms with Gasteiger partial charge in [-0.1, -0.05) is 115 Å². The second kappa shape index (κ2) is 21.1. The van der Waals surface area contributed by atoms with Crippen LogP contribution in [0, 0.1) is 0 Å². The fourth-order valence-corrected chi connectivity index (χ4v) is 6.08. The molecule has 0 bridgehead atoms. The molecule has 51 heavy (non-hydrogen) atoms. The summed E-state index contributed by atoms with van der Waals surface area (Å²) < 4.78 is 11.6. The topological polar surface area (TPSA) is 76.7 Å². The number of nitrogens with one attached hydrogen (secondary N) is 2. The highest BCUT2D eigenvalue weighted by Gasteiger charge is 2.27. The molecule has 1 atom stereocenters. The number of piperidine rings is 1. The molecule has 1 unspecified atom stereocenters. The Morgan fingerprint density at radius 1 is 0.588 bits per heavy atom. The number of hydrogen-bond acceptors (Lipinski definition) is 5. The SMILES string of the molecule is O=C1CCC(c2ccc(OCc3ccc(CNCCCCOc4ccccc4)cc3)cc2)C(=O)N1.c1ccc2c(c1)CCCC2.c1ccccc1. The summed E-state index contributed by atoms with van der Waals surface area (Å²) in [5.74, 6) is 0.988. The molecule has 1 aliphatic carbocycles. The van der Waals surface area contributed by atoms with Gasteiger partial charge in [-0.05, 0) is 104 Å². The first kappa shape index (κ1) is 37.1. The molecule has 1 saturated heterocycles. The highest BCUT2D eigenvalue weighted by Crippen LogP contribution is 2.27. The van der Waals surface area contributed by atoms with E-state index in [-0.39, 0.29) is 17.7 Å². The van der Waals surface area contributed by atoms with E-state index in [2.05, 4.69) is 59.2 Å². The lowest BCUT2D eigenvalue weighted by atomic mass is 9.90. The van der Waals surface area contributed by atoms with Gasteiger partial charge in [-0.2, -0.15) is 0 Å². The van der Waals surface area contributed by atoms with E-state index in [1.54, 1.807) is 11.1 Å². The van der Waals surface area contributed by atoms with Gasteiger partial charge in [-0.25, -0.2) is 0 Å². The molecular formula is C45H50N2O4. The van der Waals surface area contributed by atoms with Crippen LogP contribution < -0.4 is 20.1 Å². The monoisotopic (exact) mass is 682 g/mol. The molecule has 1 fully saturated rings. The Balaban J connectivity index is 0.000000255. The number of fused-ring (bicyclic) bond motifs is 1. The summed E-state index contributed by atoms with van der Waals surface area (Å²) in [7, 11) is 0. The summed E-state index contributed by atoms with van der Waals surface area (Å²) in [4.78, 5) is 23.4. The van der Waals surface area contributed by atoms with E-state index in [1.165, 1.54) is 31.2 Å². The van der Waals surface area contributed by atoms with E-state index < -0.39 is 0 Å². The molecule has 5 aromatic rings. The van der Waals surface area contributed by atoms with Crippen molar-refractivity contribution in [2.24, 2.45) is 0 Å². The van der Waals surface area contributed by atoms with E-state index in [0.29, 0.717) is 19.4 Å². The van der Waals surface area contributed by atoms with Crippen molar-refractivity contribution in [1.29, 1.82) is 0 Å². The number of unbranched alkanes of at least 4 members (excludes halogenated alkanes) is 1. The van der Waals surface area contributed by atoms with Crippen LogP contribution in [-0.2, 0) is 35.6 Å². The lowest BCUT2D eigenvalue weighted by Crippen LogP contribution is -2.39. The number of rotatable bonds is 12. The van der Waals surface area contributed by atoms with Crippen molar-refractivity contribution in [3.8, 4) is 11.5 Å². The van der Waals surface area contributed by atoms with Crippen molar-refractivity contribution >= 4 is 11.8 Å². The number of ether oxygens (including phenoxy) is 2. The predicted molar refractivity (Wildman–Crippen MR) is 205 cm³/mol. The molecule has 1 heterocycles. The summed E-state index contributed by atoms with van der Waals surface area (Å²) in [6, 6.07) is 46.7. The molecule has 7 rings (SSSR count). The quantitative estimate of drug-likeness (QED) is 0.102. The summed E-state index contributed by atoms with van der Waals surface area (Å²) in [6.07, 6.45) is 8.40. The van der Waals surface area contributed by atoms with Gasteiger partial charge in [0.1, 0.15) is 18.1 Å². The molecule has 2 N–H and O–H groups in total. The highest BCUT2D eigenvalue weighted by atomic mass is 16.5. The third kappa shape index (κ3) is 13.2. The maximum absolute atomic E-state index is 12.0. The number of imide groups is 1. The number of para-hydroxylation sites is 1. The molecule has 6 heteroatoms. The predicted octanol–water partition coefficient (Wildman–Crippen LogP) is 8.99. The Bertz CT molecular complexity index is 1670. The average Bonchev–Trinajstić information content (AvgIpc) is 3.19. The number of carbonyl (C=O) groups is 2. The van der Waals surface area contributed by atoms with Crippen molar-refractivity contribution < 1.29 is 19.1 Å². The van der Waals surface area contributed by atoms with Gasteiger partial charge in [-0.3, -0.25) is 14.9 Å². The largest absolute Gasteiger partial charge is 0.494 e. The van der Waals surface area contributed by atoms with E-state index in [9.17, 15) is 9.59 Å². The van der Waals surface area contributed by atoms with Crippen LogP contribution in [0.1, 0.15) is 72.3 Å². The van der Waals surface area contributed by atoms with Gasteiger partial charge in [0.25, 0.3) is 0 Å². The number of carbonyl (C=O) groups excluding carboxylic acids is 2. The average molecular weight is 683 g/mol. The van der Waals surface area contributed by atoms with E-state index >= 15 is 0 Å². The zero-order valence-electron chi connectivity index (χ0n) is 29.5. The van der Waals surface area contributed by atoms with Crippen LogP contribution in [0.2, 0.25) is 0 Å². The van der Waals surface area contributed by atoms with Crippen molar-refractivity contribution in [3.63, 3.8) is 0 Å². The Morgan fingerprint density at radius 2 is 1.16 bits per heavy atom. The highest BCUT2D eigenvalue weighted by molar-refractivity contribution is 6.00. The maximum Gasteiger partial charge on any atom is 0.234 e. The second-order valence-corrected chi connectivity index (χ2v) is 12.9. The van der Waals surface area contributed by atoms with Crippen LogP contribution in [0.25, 0.3) is 0 Å². The minimum atomic E-state index is -0.273. The van der Waals surface area contributed by atoms with Crippen LogP contribution >= 0.6 is 0 Å². The summed E-state index contributed by atoms with van der Waals surface area (Å²) >= 11 is 0. The van der Waals surface area contributed by atoms with Crippen molar-refractivity contribution in [1.82, 2.24) is 10.6 Å². The molecular weight excluding hydrogens is 633 g/mol. The molecule has 0 radical (unpaired) electrons. The Labute approximate surface area is 303 Å². The van der Waals surface area contributed by atoms with Crippen molar-refractivity contribution in [2.45, 2.75) is 70.4 Å². The van der Waals surface area contributed by atoms with E-state index in [4.69, 9.17) is 9.47 Å². The molecule has 5 aromatic carbocycles. The number of aryl methyl sites for hydroxylation is 2. The molecule has 0 saturated carbocycles. The molecule has 2 amide bonds. The minimum Gasteiger partial charge on any atom is -0.494 e. The maximum atomic E-state index is 12.0. The number of benzene rings is 5. The summed E-state index contributed by atoms with van der Waals surface area (Å²) in [5.41, 5.74) is 6.40. The van der Waals surface area contributed by atoms with Crippen LogP contribution in [-0.4, -0.2) is 25.0 Å².